The Bertz CT molecular complexity index is 324. The van der Waals surface area contributed by atoms with E-state index >= 15 is 0 Å². The first-order valence-electron chi connectivity index (χ1n) is 7.07. The summed E-state index contributed by atoms with van der Waals surface area (Å²) >= 11 is 1.81. The van der Waals surface area contributed by atoms with Crippen molar-refractivity contribution in [1.29, 1.82) is 0 Å². The number of hydrogen-bond donors (Lipinski definition) is 1. The Hall–Kier alpha value is -0.540. The van der Waals surface area contributed by atoms with Crippen molar-refractivity contribution in [2.24, 2.45) is 5.92 Å². The molecule has 2 nitrogen and oxygen atoms in total. The van der Waals surface area contributed by atoms with Crippen LogP contribution in [-0.2, 0) is 0 Å². The summed E-state index contributed by atoms with van der Waals surface area (Å²) in [4.78, 5) is 1.41. The van der Waals surface area contributed by atoms with E-state index in [2.05, 4.69) is 37.5 Å². The molecule has 1 heterocycles. The number of hydrogen-bond acceptors (Lipinski definition) is 3. The maximum absolute atomic E-state index is 5.28. The zero-order chi connectivity index (χ0) is 13.4. The monoisotopic (exact) mass is 269 g/mol. The highest BCUT2D eigenvalue weighted by atomic mass is 32.1. The molecule has 1 N–H and O–H groups in total. The van der Waals surface area contributed by atoms with Gasteiger partial charge in [-0.2, -0.15) is 0 Å². The molecule has 0 aromatic carbocycles. The fourth-order valence-corrected chi connectivity index (χ4v) is 3.20. The van der Waals surface area contributed by atoms with Crippen LogP contribution in [0.3, 0.4) is 0 Å². The molecule has 0 fully saturated rings. The summed E-state index contributed by atoms with van der Waals surface area (Å²) in [5.41, 5.74) is 0. The second-order valence-corrected chi connectivity index (χ2v) is 5.97. The Balaban J connectivity index is 2.64. The molecule has 1 rings (SSSR count). The van der Waals surface area contributed by atoms with Crippen LogP contribution in [0.4, 0.5) is 0 Å². The van der Waals surface area contributed by atoms with Gasteiger partial charge in [-0.1, -0.05) is 33.6 Å². The third kappa shape index (κ3) is 4.99. The molecular formula is C15H27NOS. The Morgan fingerprint density at radius 2 is 2.11 bits per heavy atom. The van der Waals surface area contributed by atoms with Gasteiger partial charge in [0.15, 0.2) is 0 Å². The van der Waals surface area contributed by atoms with Gasteiger partial charge in [0.25, 0.3) is 0 Å². The number of ether oxygens (including phenoxy) is 1. The summed E-state index contributed by atoms with van der Waals surface area (Å²) < 4.78 is 5.28. The van der Waals surface area contributed by atoms with Gasteiger partial charge in [-0.15, -0.1) is 11.3 Å². The van der Waals surface area contributed by atoms with Gasteiger partial charge in [0.05, 0.1) is 7.11 Å². The average molecular weight is 269 g/mol. The number of thiophene rings is 1. The molecule has 1 aromatic rings. The third-order valence-electron chi connectivity index (χ3n) is 3.24. The van der Waals surface area contributed by atoms with E-state index < -0.39 is 0 Å². The summed E-state index contributed by atoms with van der Waals surface area (Å²) in [6.07, 6.45) is 4.99. The Labute approximate surface area is 116 Å². The normalized spacial score (nSPS) is 14.4. The minimum Gasteiger partial charge on any atom is -0.496 e. The first-order chi connectivity index (χ1) is 8.71. The third-order valence-corrected chi connectivity index (χ3v) is 4.26. The van der Waals surface area contributed by atoms with Gasteiger partial charge in [0.2, 0.25) is 0 Å². The zero-order valence-corrected chi connectivity index (χ0v) is 13.0. The van der Waals surface area contributed by atoms with Gasteiger partial charge in [-0.05, 0) is 31.4 Å². The lowest BCUT2D eigenvalue weighted by Crippen LogP contribution is -2.23. The van der Waals surface area contributed by atoms with Gasteiger partial charge in [-0.3, -0.25) is 0 Å². The summed E-state index contributed by atoms with van der Waals surface area (Å²) in [7, 11) is 1.74. The van der Waals surface area contributed by atoms with E-state index in [9.17, 15) is 0 Å². The Morgan fingerprint density at radius 1 is 1.33 bits per heavy atom. The zero-order valence-electron chi connectivity index (χ0n) is 12.2. The van der Waals surface area contributed by atoms with Crippen molar-refractivity contribution in [3.63, 3.8) is 0 Å². The molecule has 0 bridgehead atoms. The van der Waals surface area contributed by atoms with Gasteiger partial charge < -0.3 is 10.1 Å². The van der Waals surface area contributed by atoms with Gasteiger partial charge in [0.1, 0.15) is 5.75 Å². The lowest BCUT2D eigenvalue weighted by Gasteiger charge is -2.21. The van der Waals surface area contributed by atoms with E-state index in [1.165, 1.54) is 30.6 Å². The minimum atomic E-state index is 0.486. The number of nitrogens with one attached hydrogen (secondary N) is 1. The van der Waals surface area contributed by atoms with Crippen molar-refractivity contribution in [2.75, 3.05) is 13.7 Å². The van der Waals surface area contributed by atoms with E-state index in [1.54, 1.807) is 18.4 Å². The predicted octanol–water partition coefficient (Wildman–Crippen LogP) is 4.62. The van der Waals surface area contributed by atoms with Crippen molar-refractivity contribution in [3.8, 4) is 5.75 Å². The number of methoxy groups -OCH3 is 1. The first-order valence-corrected chi connectivity index (χ1v) is 7.95. The molecule has 0 aliphatic heterocycles. The lowest BCUT2D eigenvalue weighted by atomic mass is 9.96. The quantitative estimate of drug-likeness (QED) is 0.706. The second kappa shape index (κ2) is 8.54. The molecule has 104 valence electrons. The molecule has 0 saturated heterocycles. The molecule has 3 heteroatoms. The molecule has 2 unspecified atom stereocenters. The molecule has 0 aliphatic carbocycles. The van der Waals surface area contributed by atoms with Crippen molar-refractivity contribution in [1.82, 2.24) is 5.32 Å². The highest BCUT2D eigenvalue weighted by molar-refractivity contribution is 7.10. The summed E-state index contributed by atoms with van der Waals surface area (Å²) in [5, 5.41) is 5.76. The van der Waals surface area contributed by atoms with Crippen LogP contribution in [0.2, 0.25) is 0 Å². The molecule has 0 saturated carbocycles. The predicted molar refractivity (Wildman–Crippen MR) is 80.6 cm³/mol. The molecule has 0 radical (unpaired) electrons. The van der Waals surface area contributed by atoms with Crippen LogP contribution in [0.1, 0.15) is 57.4 Å². The van der Waals surface area contributed by atoms with E-state index in [4.69, 9.17) is 4.74 Å². The molecule has 0 spiro atoms. The lowest BCUT2D eigenvalue weighted by molar-refractivity contribution is 0.391. The van der Waals surface area contributed by atoms with E-state index in [0.29, 0.717) is 6.04 Å². The van der Waals surface area contributed by atoms with E-state index in [1.807, 2.05) is 0 Å². The molecule has 0 aliphatic rings. The van der Waals surface area contributed by atoms with Gasteiger partial charge in [-0.25, -0.2) is 0 Å². The van der Waals surface area contributed by atoms with Gasteiger partial charge in [0, 0.05) is 16.3 Å². The molecule has 18 heavy (non-hydrogen) atoms. The van der Waals surface area contributed by atoms with Crippen LogP contribution < -0.4 is 10.1 Å². The average Bonchev–Trinajstić information content (AvgIpc) is 2.83. The van der Waals surface area contributed by atoms with Crippen molar-refractivity contribution in [2.45, 2.75) is 52.5 Å². The van der Waals surface area contributed by atoms with Gasteiger partial charge >= 0.3 is 0 Å². The van der Waals surface area contributed by atoms with Crippen LogP contribution in [0.5, 0.6) is 5.75 Å². The van der Waals surface area contributed by atoms with E-state index in [-0.39, 0.29) is 0 Å². The molecular weight excluding hydrogens is 242 g/mol. The topological polar surface area (TPSA) is 21.3 Å². The van der Waals surface area contributed by atoms with Crippen molar-refractivity contribution in [3.05, 3.63) is 16.3 Å². The van der Waals surface area contributed by atoms with Crippen LogP contribution in [0.25, 0.3) is 0 Å². The molecule has 1 aromatic heterocycles. The summed E-state index contributed by atoms with van der Waals surface area (Å²) in [6.45, 7) is 7.92. The Kier molecular flexibility index (Phi) is 7.36. The van der Waals surface area contributed by atoms with Crippen LogP contribution >= 0.6 is 11.3 Å². The second-order valence-electron chi connectivity index (χ2n) is 5.03. The summed E-state index contributed by atoms with van der Waals surface area (Å²) in [5.74, 6) is 1.76. The number of rotatable bonds is 9. The van der Waals surface area contributed by atoms with Crippen LogP contribution in [0.15, 0.2) is 11.4 Å². The maximum atomic E-state index is 5.28. The largest absolute Gasteiger partial charge is 0.496 e. The maximum Gasteiger partial charge on any atom is 0.129 e. The van der Waals surface area contributed by atoms with Crippen LogP contribution in [-0.4, -0.2) is 13.7 Å². The highest BCUT2D eigenvalue weighted by Crippen LogP contribution is 2.31. The Morgan fingerprint density at radius 3 is 2.67 bits per heavy atom. The smallest absolute Gasteiger partial charge is 0.129 e. The fraction of sp³-hybridized carbons (Fsp3) is 0.733. The minimum absolute atomic E-state index is 0.486. The highest BCUT2D eigenvalue weighted by Gasteiger charge is 2.16. The first kappa shape index (κ1) is 15.5. The van der Waals surface area contributed by atoms with Crippen molar-refractivity contribution >= 4 is 11.3 Å². The van der Waals surface area contributed by atoms with Crippen molar-refractivity contribution < 1.29 is 4.74 Å². The summed E-state index contributed by atoms with van der Waals surface area (Å²) in [6, 6.07) is 2.66. The molecule has 0 amide bonds. The SMILES string of the molecule is CCCNC(CC(C)CCC)c1cc(OC)cs1. The van der Waals surface area contributed by atoms with E-state index in [0.717, 1.165) is 18.2 Å². The van der Waals surface area contributed by atoms with Crippen LogP contribution in [0, 0.1) is 5.92 Å². The standard InChI is InChI=1S/C15H27NOS/c1-5-7-12(3)9-14(16-8-6-2)15-10-13(17-4)11-18-15/h10-12,14,16H,5-9H2,1-4H3. The molecule has 2 atom stereocenters. The fourth-order valence-electron chi connectivity index (χ4n) is 2.26.